The van der Waals surface area contributed by atoms with Gasteiger partial charge in [0.2, 0.25) is 0 Å². The van der Waals surface area contributed by atoms with Gasteiger partial charge < -0.3 is 0 Å². The molecule has 0 unspecified atom stereocenters. The van der Waals surface area contributed by atoms with Crippen LogP contribution in [0.5, 0.6) is 0 Å². The average molecular weight is 272 g/mol. The third-order valence-corrected chi connectivity index (χ3v) is 3.97. The highest BCUT2D eigenvalue weighted by Crippen LogP contribution is 2.13. The van der Waals surface area contributed by atoms with Crippen molar-refractivity contribution in [1.82, 2.24) is 0 Å². The van der Waals surface area contributed by atoms with Crippen LogP contribution in [-0.4, -0.2) is 10.2 Å². The van der Waals surface area contributed by atoms with Crippen molar-refractivity contribution in [3.8, 4) is 0 Å². The molecule has 0 heterocycles. The van der Waals surface area contributed by atoms with Crippen molar-refractivity contribution in [2.75, 3.05) is 5.33 Å². The van der Waals surface area contributed by atoms with E-state index in [0.717, 1.165) is 5.33 Å². The smallest absolute Gasteiger partial charge is 0.0242 e. The fourth-order valence-corrected chi connectivity index (χ4v) is 1.52. The van der Waals surface area contributed by atoms with Crippen molar-refractivity contribution in [1.29, 1.82) is 0 Å². The van der Waals surface area contributed by atoms with E-state index >= 15 is 0 Å². The Hall–Kier alpha value is 0.960. The lowest BCUT2D eigenvalue weighted by molar-refractivity contribution is 0.636. The van der Waals surface area contributed by atoms with Crippen molar-refractivity contribution in [2.45, 2.75) is 43.9 Å². The van der Waals surface area contributed by atoms with Gasteiger partial charge in [0.1, 0.15) is 0 Å². The summed E-state index contributed by atoms with van der Waals surface area (Å²) in [6, 6.07) is 0. The molecule has 0 aliphatic heterocycles. The van der Waals surface area contributed by atoms with Crippen molar-refractivity contribution >= 4 is 31.9 Å². The summed E-state index contributed by atoms with van der Waals surface area (Å²) in [6.45, 7) is 2.25. The van der Waals surface area contributed by atoms with Gasteiger partial charge in [0.15, 0.2) is 0 Å². The molecular weight excluding hydrogens is 256 g/mol. The minimum Gasteiger partial charge on any atom is -0.0916 e. The molecular formula is C8H16Br2. The Morgan fingerprint density at radius 1 is 1.20 bits per heavy atom. The summed E-state index contributed by atoms with van der Waals surface area (Å²) in [5, 5.41) is 1.08. The highest BCUT2D eigenvalue weighted by molar-refractivity contribution is 9.12. The van der Waals surface area contributed by atoms with E-state index < -0.39 is 0 Å². The first-order valence-corrected chi connectivity index (χ1v) is 6.05. The largest absolute Gasteiger partial charge is 0.0916 e. The summed E-state index contributed by atoms with van der Waals surface area (Å²) in [7, 11) is 0. The lowest BCUT2D eigenvalue weighted by atomic mass is 10.1. The molecule has 0 nitrogen and oxygen atoms in total. The van der Waals surface area contributed by atoms with E-state index in [1.54, 1.807) is 0 Å². The monoisotopic (exact) mass is 270 g/mol. The summed E-state index contributed by atoms with van der Waals surface area (Å²) >= 11 is 7.02. The molecule has 0 aliphatic carbocycles. The average Bonchev–Trinajstić information content (AvgIpc) is 1.98. The Labute approximate surface area is 81.0 Å². The maximum atomic E-state index is 3.58. The summed E-state index contributed by atoms with van der Waals surface area (Å²) in [4.78, 5) is 0.685. The molecule has 62 valence electrons. The predicted octanol–water partition coefficient (Wildman–Crippen LogP) is 4.12. The zero-order chi connectivity index (χ0) is 7.82. The van der Waals surface area contributed by atoms with Crippen LogP contribution < -0.4 is 0 Å². The summed E-state index contributed by atoms with van der Waals surface area (Å²) in [5.41, 5.74) is 0. The van der Waals surface area contributed by atoms with Gasteiger partial charge in [0.05, 0.1) is 0 Å². The molecule has 2 heteroatoms. The second kappa shape index (κ2) is 8.06. The van der Waals surface area contributed by atoms with E-state index in [4.69, 9.17) is 0 Å². The summed E-state index contributed by atoms with van der Waals surface area (Å²) < 4.78 is 0. The van der Waals surface area contributed by atoms with Crippen molar-refractivity contribution in [3.05, 3.63) is 0 Å². The third kappa shape index (κ3) is 7.07. The van der Waals surface area contributed by atoms with Gasteiger partial charge in [-0.15, -0.1) is 0 Å². The predicted molar refractivity (Wildman–Crippen MR) is 55.3 cm³/mol. The SMILES string of the molecule is CCCCCC[C@H](Br)CBr. The van der Waals surface area contributed by atoms with Crippen LogP contribution in [0.3, 0.4) is 0 Å². The van der Waals surface area contributed by atoms with Crippen molar-refractivity contribution < 1.29 is 0 Å². The topological polar surface area (TPSA) is 0 Å². The first kappa shape index (κ1) is 11.0. The van der Waals surface area contributed by atoms with Gasteiger partial charge in [-0.1, -0.05) is 64.5 Å². The molecule has 0 aliphatic rings. The van der Waals surface area contributed by atoms with Crippen LogP contribution in [0.4, 0.5) is 0 Å². The quantitative estimate of drug-likeness (QED) is 0.504. The number of halogens is 2. The maximum absolute atomic E-state index is 3.58. The van der Waals surface area contributed by atoms with Gasteiger partial charge in [0.25, 0.3) is 0 Å². The van der Waals surface area contributed by atoms with Gasteiger partial charge in [-0.2, -0.15) is 0 Å². The Morgan fingerprint density at radius 3 is 2.40 bits per heavy atom. The van der Waals surface area contributed by atoms with Gasteiger partial charge in [-0.05, 0) is 6.42 Å². The highest BCUT2D eigenvalue weighted by Gasteiger charge is 1.99. The lowest BCUT2D eigenvalue weighted by Gasteiger charge is -2.03. The molecule has 0 fully saturated rings. The second-order valence-corrected chi connectivity index (χ2v) is 4.54. The second-order valence-electron chi connectivity index (χ2n) is 2.60. The number of hydrogen-bond donors (Lipinski definition) is 0. The van der Waals surface area contributed by atoms with Crippen molar-refractivity contribution in [3.63, 3.8) is 0 Å². The number of alkyl halides is 2. The van der Waals surface area contributed by atoms with Crippen LogP contribution in [0.1, 0.15) is 39.0 Å². The molecule has 0 aromatic rings. The number of hydrogen-bond acceptors (Lipinski definition) is 0. The van der Waals surface area contributed by atoms with Crippen LogP contribution in [0.25, 0.3) is 0 Å². The minimum atomic E-state index is 0.685. The molecule has 0 bridgehead atoms. The third-order valence-electron chi connectivity index (χ3n) is 1.54. The standard InChI is InChI=1S/C8H16Br2/c1-2-3-4-5-6-8(10)7-9/h8H,2-7H2,1H3/t8-/m0/s1. The Morgan fingerprint density at radius 2 is 1.90 bits per heavy atom. The Kier molecular flexibility index (Phi) is 8.83. The molecule has 0 aromatic carbocycles. The molecule has 0 rings (SSSR count). The summed E-state index contributed by atoms with van der Waals surface area (Å²) in [5.74, 6) is 0. The van der Waals surface area contributed by atoms with Crippen molar-refractivity contribution in [2.24, 2.45) is 0 Å². The van der Waals surface area contributed by atoms with E-state index in [-0.39, 0.29) is 0 Å². The molecule has 10 heavy (non-hydrogen) atoms. The Balaban J connectivity index is 2.89. The normalized spacial score (nSPS) is 13.5. The summed E-state index contributed by atoms with van der Waals surface area (Å²) in [6.07, 6.45) is 6.80. The molecule has 0 radical (unpaired) electrons. The fraction of sp³-hybridized carbons (Fsp3) is 1.00. The zero-order valence-corrected chi connectivity index (χ0v) is 9.75. The van der Waals surface area contributed by atoms with Gasteiger partial charge in [-0.25, -0.2) is 0 Å². The number of unbranched alkanes of at least 4 members (excludes halogenated alkanes) is 3. The van der Waals surface area contributed by atoms with Gasteiger partial charge in [-0.3, -0.25) is 0 Å². The highest BCUT2D eigenvalue weighted by atomic mass is 79.9. The van der Waals surface area contributed by atoms with E-state index in [9.17, 15) is 0 Å². The van der Waals surface area contributed by atoms with Crippen LogP contribution in [0.15, 0.2) is 0 Å². The lowest BCUT2D eigenvalue weighted by Crippen LogP contribution is -1.97. The van der Waals surface area contributed by atoms with E-state index in [1.807, 2.05) is 0 Å². The fourth-order valence-electron chi connectivity index (χ4n) is 0.870. The molecule has 0 saturated carbocycles. The Bertz CT molecular complexity index is 64.3. The molecule has 0 aromatic heterocycles. The van der Waals surface area contributed by atoms with Crippen LogP contribution >= 0.6 is 31.9 Å². The first-order valence-electron chi connectivity index (χ1n) is 4.01. The van der Waals surface area contributed by atoms with Gasteiger partial charge in [0, 0.05) is 10.2 Å². The molecule has 0 N–H and O–H groups in total. The minimum absolute atomic E-state index is 0.685. The van der Waals surface area contributed by atoms with Crippen LogP contribution in [-0.2, 0) is 0 Å². The van der Waals surface area contributed by atoms with E-state index in [0.29, 0.717) is 4.83 Å². The molecule has 0 spiro atoms. The molecule has 0 amide bonds. The molecule has 1 atom stereocenters. The van der Waals surface area contributed by atoms with E-state index in [1.165, 1.54) is 32.1 Å². The number of rotatable bonds is 6. The molecule has 0 saturated heterocycles. The first-order chi connectivity index (χ1) is 4.81. The van der Waals surface area contributed by atoms with Gasteiger partial charge >= 0.3 is 0 Å². The van der Waals surface area contributed by atoms with Crippen LogP contribution in [0.2, 0.25) is 0 Å². The van der Waals surface area contributed by atoms with Crippen LogP contribution in [0, 0.1) is 0 Å². The maximum Gasteiger partial charge on any atom is 0.0242 e. The zero-order valence-electron chi connectivity index (χ0n) is 6.58. The van der Waals surface area contributed by atoms with E-state index in [2.05, 4.69) is 38.8 Å².